The third-order valence-corrected chi connectivity index (χ3v) is 8.93. The fourth-order valence-corrected chi connectivity index (χ4v) is 6.77. The number of benzene rings is 2. The lowest BCUT2D eigenvalue weighted by Crippen LogP contribution is -2.40. The number of fused-ring (bicyclic) bond motifs is 3. The van der Waals surface area contributed by atoms with E-state index in [0.29, 0.717) is 77.6 Å². The first-order valence-corrected chi connectivity index (χ1v) is 15.2. The molecule has 3 saturated heterocycles. The van der Waals surface area contributed by atoms with E-state index in [4.69, 9.17) is 13.9 Å². The van der Waals surface area contributed by atoms with Crippen molar-refractivity contribution < 1.29 is 28.5 Å². The summed E-state index contributed by atoms with van der Waals surface area (Å²) < 4.78 is 29.4. The fraction of sp³-hybridized carbons (Fsp3) is 0.455. The lowest BCUT2D eigenvalue weighted by Gasteiger charge is -2.29. The van der Waals surface area contributed by atoms with Crippen molar-refractivity contribution >= 4 is 27.5 Å². The van der Waals surface area contributed by atoms with Gasteiger partial charge in [-0.1, -0.05) is 12.1 Å². The molecule has 0 radical (unpaired) electrons. The summed E-state index contributed by atoms with van der Waals surface area (Å²) in [7, 11) is 1.43. The number of alkyl halides is 1. The number of phenols is 1. The molecule has 0 bridgehead atoms. The predicted octanol–water partition coefficient (Wildman–Crippen LogP) is 4.08. The lowest BCUT2D eigenvalue weighted by atomic mass is 9.95. The molecule has 0 amide bonds. The van der Waals surface area contributed by atoms with E-state index in [-0.39, 0.29) is 35.6 Å². The van der Waals surface area contributed by atoms with Gasteiger partial charge in [-0.05, 0) is 62.7 Å². The van der Waals surface area contributed by atoms with Crippen LogP contribution in [0.5, 0.6) is 11.8 Å². The van der Waals surface area contributed by atoms with E-state index in [1.807, 2.05) is 4.90 Å². The summed E-state index contributed by atoms with van der Waals surface area (Å²) >= 11 is 0. The van der Waals surface area contributed by atoms with Crippen molar-refractivity contribution in [1.82, 2.24) is 14.9 Å². The van der Waals surface area contributed by atoms with Gasteiger partial charge in [0.2, 0.25) is 0 Å². The second-order valence-electron chi connectivity index (χ2n) is 11.7. The minimum atomic E-state index is -0.684. The van der Waals surface area contributed by atoms with Gasteiger partial charge in [-0.3, -0.25) is 4.90 Å². The molecule has 3 aliphatic rings. The molecule has 5 heterocycles. The largest absolute Gasteiger partial charge is 0.508 e. The number of halogens is 1. The molecule has 11 nitrogen and oxygen atoms in total. The minimum absolute atomic E-state index is 0.0361. The Kier molecular flexibility index (Phi) is 8.85. The number of aliphatic hydroxyl groups excluding tert-OH is 1. The summed E-state index contributed by atoms with van der Waals surface area (Å²) in [6.45, 7) is 4.74. The van der Waals surface area contributed by atoms with Gasteiger partial charge in [0.1, 0.15) is 23.1 Å². The van der Waals surface area contributed by atoms with Crippen molar-refractivity contribution in [3.05, 3.63) is 51.9 Å². The van der Waals surface area contributed by atoms with Crippen molar-refractivity contribution in [2.24, 2.45) is 0 Å². The molecule has 3 atom stereocenters. The van der Waals surface area contributed by atoms with Crippen molar-refractivity contribution in [1.29, 1.82) is 5.26 Å². The number of nitriles is 1. The standard InChI is InChI=1S/C26H24N4O6.C7H12FN/c1-14-22-21(24(29-26(28-22)34-2)30-7-9-35-8-6-17(30)13-31)25(33)36-23(14)19-11-18(32)10-15-4-3-5-16(12-27)20(15)19;8-6-4-7-2-1-3-9(7)5-6/h3-5,10-11,17,31-32H,6-9,13H2,1-2H3;6-7H,1-5H2. The van der Waals surface area contributed by atoms with E-state index in [0.717, 1.165) is 13.0 Å². The smallest absolute Gasteiger partial charge is 0.349 e. The molecule has 45 heavy (non-hydrogen) atoms. The normalized spacial score (nSPS) is 21.7. The lowest BCUT2D eigenvalue weighted by molar-refractivity contribution is 0.146. The molecule has 0 spiro atoms. The number of anilines is 1. The van der Waals surface area contributed by atoms with Gasteiger partial charge in [0, 0.05) is 42.3 Å². The highest BCUT2D eigenvalue weighted by molar-refractivity contribution is 6.03. The first-order valence-electron chi connectivity index (χ1n) is 15.2. The molecule has 3 fully saturated rings. The molecule has 2 aromatic carbocycles. The number of aryl methyl sites for hydroxylation is 1. The first-order chi connectivity index (χ1) is 21.8. The van der Waals surface area contributed by atoms with E-state index >= 15 is 0 Å². The molecule has 12 heteroatoms. The van der Waals surface area contributed by atoms with Crippen LogP contribution >= 0.6 is 0 Å². The predicted molar refractivity (Wildman–Crippen MR) is 166 cm³/mol. The van der Waals surface area contributed by atoms with Crippen molar-refractivity contribution in [3.8, 4) is 29.2 Å². The highest BCUT2D eigenvalue weighted by Gasteiger charge is 2.35. The zero-order valence-electron chi connectivity index (χ0n) is 25.3. The molecular weight excluding hydrogens is 581 g/mol. The van der Waals surface area contributed by atoms with Gasteiger partial charge in [0.05, 0.1) is 43.5 Å². The maximum absolute atomic E-state index is 13.5. The van der Waals surface area contributed by atoms with Crippen LogP contribution in [0.3, 0.4) is 0 Å². The van der Waals surface area contributed by atoms with Gasteiger partial charge in [0.15, 0.2) is 5.82 Å². The third-order valence-electron chi connectivity index (χ3n) is 8.93. The fourth-order valence-electron chi connectivity index (χ4n) is 6.77. The Morgan fingerprint density at radius 1 is 1.18 bits per heavy atom. The number of rotatable bonds is 4. The number of methoxy groups -OCH3 is 1. The summed E-state index contributed by atoms with van der Waals surface area (Å²) in [5.74, 6) is 0.440. The Bertz CT molecular complexity index is 1810. The van der Waals surface area contributed by atoms with Gasteiger partial charge >= 0.3 is 11.6 Å². The van der Waals surface area contributed by atoms with Crippen LogP contribution in [0.25, 0.3) is 33.0 Å². The summed E-state index contributed by atoms with van der Waals surface area (Å²) in [5.41, 5.74) is 0.917. The summed E-state index contributed by atoms with van der Waals surface area (Å²) in [5, 5.41) is 31.5. The number of nitrogens with zero attached hydrogens (tertiary/aromatic N) is 5. The zero-order chi connectivity index (χ0) is 31.7. The SMILES string of the molecule is COc1nc(N2CCOCCC2CO)c2c(=O)oc(-c3cc(O)cc4cccc(C#N)c34)c(C)c2n1.FC1CC2CCCN2C1. The van der Waals surface area contributed by atoms with E-state index in [1.54, 1.807) is 31.2 Å². The Morgan fingerprint density at radius 3 is 2.78 bits per heavy atom. The van der Waals surface area contributed by atoms with Gasteiger partial charge in [-0.25, -0.2) is 9.18 Å². The molecule has 0 aliphatic carbocycles. The van der Waals surface area contributed by atoms with Crippen LogP contribution in [0, 0.1) is 18.3 Å². The van der Waals surface area contributed by atoms with Crippen LogP contribution in [0.4, 0.5) is 10.2 Å². The summed E-state index contributed by atoms with van der Waals surface area (Å²) in [6, 6.07) is 10.7. The topological polar surface area (TPSA) is 145 Å². The van der Waals surface area contributed by atoms with Crippen LogP contribution in [0.1, 0.15) is 36.8 Å². The van der Waals surface area contributed by atoms with E-state index in [1.165, 1.54) is 26.0 Å². The van der Waals surface area contributed by atoms with Crippen LogP contribution in [0.2, 0.25) is 0 Å². The van der Waals surface area contributed by atoms with Gasteiger partial charge in [0.25, 0.3) is 0 Å². The number of aliphatic hydroxyl groups is 1. The van der Waals surface area contributed by atoms with Gasteiger partial charge < -0.3 is 29.0 Å². The van der Waals surface area contributed by atoms with Crippen LogP contribution in [0.15, 0.2) is 39.5 Å². The van der Waals surface area contributed by atoms with Gasteiger partial charge in [-0.2, -0.15) is 15.2 Å². The number of ether oxygens (including phenoxy) is 2. The number of aromatic nitrogens is 2. The van der Waals surface area contributed by atoms with Crippen LogP contribution in [-0.2, 0) is 4.74 Å². The Morgan fingerprint density at radius 2 is 2.02 bits per heavy atom. The average Bonchev–Trinajstić information content (AvgIpc) is 3.53. The molecule has 4 aromatic rings. The van der Waals surface area contributed by atoms with Crippen molar-refractivity contribution in [3.63, 3.8) is 0 Å². The van der Waals surface area contributed by atoms with E-state index in [9.17, 15) is 24.7 Å². The number of hydrogen-bond acceptors (Lipinski definition) is 11. The quantitative estimate of drug-likeness (QED) is 0.342. The Hall–Kier alpha value is -4.31. The third kappa shape index (κ3) is 5.91. The monoisotopic (exact) mass is 617 g/mol. The average molecular weight is 618 g/mol. The Balaban J connectivity index is 0.000000337. The molecule has 3 aliphatic heterocycles. The maximum atomic E-state index is 13.5. The highest BCUT2D eigenvalue weighted by Crippen LogP contribution is 2.39. The second kappa shape index (κ2) is 13.0. The first kappa shape index (κ1) is 30.7. The van der Waals surface area contributed by atoms with E-state index in [2.05, 4.69) is 20.9 Å². The molecule has 236 valence electrons. The maximum Gasteiger partial charge on any atom is 0.349 e. The van der Waals surface area contributed by atoms with Crippen molar-refractivity contribution in [2.45, 2.75) is 50.9 Å². The van der Waals surface area contributed by atoms with Crippen molar-refractivity contribution in [2.75, 3.05) is 51.5 Å². The molecule has 2 N–H and O–H groups in total. The number of aromatic hydroxyl groups is 1. The Labute approximate surface area is 259 Å². The summed E-state index contributed by atoms with van der Waals surface area (Å²) in [6.07, 6.45) is 3.37. The molecular formula is C33H36FN5O6. The minimum Gasteiger partial charge on any atom is -0.508 e. The molecule has 2 aromatic heterocycles. The molecule has 0 saturated carbocycles. The van der Waals surface area contributed by atoms with Crippen LogP contribution < -0.4 is 15.3 Å². The number of hydrogen-bond donors (Lipinski definition) is 2. The highest BCUT2D eigenvalue weighted by atomic mass is 19.1. The number of phenolic OH excluding ortho intramolecular Hbond substituents is 1. The zero-order valence-corrected chi connectivity index (χ0v) is 25.3. The molecule has 7 rings (SSSR count). The summed E-state index contributed by atoms with van der Waals surface area (Å²) in [4.78, 5) is 26.6. The van der Waals surface area contributed by atoms with E-state index < -0.39 is 11.8 Å². The second-order valence-corrected chi connectivity index (χ2v) is 11.7. The van der Waals surface area contributed by atoms with Gasteiger partial charge in [-0.15, -0.1) is 0 Å². The molecule has 3 unspecified atom stereocenters. The van der Waals surface area contributed by atoms with Crippen LogP contribution in [-0.4, -0.2) is 89.9 Å².